The van der Waals surface area contributed by atoms with Gasteiger partial charge in [0.25, 0.3) is 0 Å². The second kappa shape index (κ2) is 14.4. The largest absolute Gasteiger partial charge is 0.479 e. The molecule has 0 radical (unpaired) electrons. The maximum absolute atomic E-state index is 14.4. The van der Waals surface area contributed by atoms with Gasteiger partial charge in [0.15, 0.2) is 0 Å². The lowest BCUT2D eigenvalue weighted by Gasteiger charge is -2.30. The van der Waals surface area contributed by atoms with Gasteiger partial charge in [-0.2, -0.15) is 0 Å². The summed E-state index contributed by atoms with van der Waals surface area (Å²) >= 11 is 14.0. The van der Waals surface area contributed by atoms with Crippen LogP contribution in [0.25, 0.3) is 21.6 Å². The lowest BCUT2D eigenvalue weighted by atomic mass is 10.0. The van der Waals surface area contributed by atoms with Gasteiger partial charge in [0.05, 0.1) is 32.5 Å². The Bertz CT molecular complexity index is 1830. The normalized spacial score (nSPS) is 26.5. The highest BCUT2D eigenvalue weighted by atomic mass is 35.5. The van der Waals surface area contributed by atoms with Crippen molar-refractivity contribution in [2.24, 2.45) is 5.92 Å². The molecule has 1 unspecified atom stereocenters. The van der Waals surface area contributed by atoms with Crippen molar-refractivity contribution in [2.45, 2.75) is 95.0 Å². The van der Waals surface area contributed by atoms with Gasteiger partial charge >= 0.3 is 12.1 Å². The average molecular weight is 745 g/mol. The third-order valence-electron chi connectivity index (χ3n) is 9.02. The lowest BCUT2D eigenvalue weighted by molar-refractivity contribution is -0.145. The molecule has 3 aromatic rings. The van der Waals surface area contributed by atoms with E-state index in [-0.39, 0.29) is 31.2 Å². The predicted molar refractivity (Wildman–Crippen MR) is 189 cm³/mol. The number of carboxylic acids is 1. The number of halogens is 2. The molecule has 3 amide bonds. The van der Waals surface area contributed by atoms with Crippen LogP contribution in [0.5, 0.6) is 5.88 Å². The van der Waals surface area contributed by atoms with E-state index in [9.17, 15) is 24.3 Å². The zero-order valence-electron chi connectivity index (χ0n) is 27.9. The first kappa shape index (κ1) is 35.9. The van der Waals surface area contributed by atoms with Gasteiger partial charge in [0.1, 0.15) is 35.0 Å². The number of rotatable bonds is 5. The minimum absolute atomic E-state index is 0.0300. The smallest absolute Gasteiger partial charge is 0.408 e. The third-order valence-corrected chi connectivity index (χ3v) is 10.6. The first-order valence-electron chi connectivity index (χ1n) is 16.6. The van der Waals surface area contributed by atoms with E-state index in [1.807, 2.05) is 29.7 Å². The molecule has 1 aromatic carbocycles. The van der Waals surface area contributed by atoms with Gasteiger partial charge in [-0.15, -0.1) is 11.3 Å². The van der Waals surface area contributed by atoms with Crippen LogP contribution >= 0.6 is 34.5 Å². The monoisotopic (exact) mass is 743 g/mol. The number of hydrogen-bond acceptors (Lipinski definition) is 9. The molecule has 15 heteroatoms. The molecule has 1 saturated carbocycles. The molecule has 2 fully saturated rings. The number of fused-ring (bicyclic) bond motifs is 3. The van der Waals surface area contributed by atoms with E-state index in [1.54, 1.807) is 32.9 Å². The number of aliphatic carboxylic acids is 1. The number of nitrogens with one attached hydrogen (secondary N) is 2. The molecule has 2 aromatic heterocycles. The van der Waals surface area contributed by atoms with Gasteiger partial charge in [-0.25, -0.2) is 19.6 Å². The van der Waals surface area contributed by atoms with Crippen LogP contribution in [0.2, 0.25) is 10.0 Å². The SMILES string of the molecule is CC(C)(C)OC(=O)N[C@H]1CCCCC/C=C\[C@@H]2C[C@@]2(C(=O)O)NC(=O)[C@@H]2CC(Oc3nc4cc(Cl)c(Cl)cc4nc3-c3cccs3)CN2C1=O. The molecule has 2 aliphatic heterocycles. The number of ether oxygens (including phenoxy) is 2. The summed E-state index contributed by atoms with van der Waals surface area (Å²) in [6.07, 6.45) is 5.90. The first-order chi connectivity index (χ1) is 23.7. The van der Waals surface area contributed by atoms with Crippen molar-refractivity contribution in [2.75, 3.05) is 6.54 Å². The lowest BCUT2D eigenvalue weighted by Crippen LogP contribution is -2.56. The van der Waals surface area contributed by atoms with E-state index in [2.05, 4.69) is 10.6 Å². The molecule has 50 heavy (non-hydrogen) atoms. The molecule has 0 bridgehead atoms. The number of allylic oxidation sites excluding steroid dienone is 1. The van der Waals surface area contributed by atoms with Gasteiger partial charge in [0.2, 0.25) is 17.7 Å². The van der Waals surface area contributed by atoms with Crippen molar-refractivity contribution < 1.29 is 33.8 Å². The van der Waals surface area contributed by atoms with Gasteiger partial charge in [0, 0.05) is 12.3 Å². The van der Waals surface area contributed by atoms with Crippen molar-refractivity contribution >= 4 is 69.4 Å². The van der Waals surface area contributed by atoms with E-state index >= 15 is 0 Å². The summed E-state index contributed by atoms with van der Waals surface area (Å²) < 4.78 is 12.0. The molecule has 5 atom stereocenters. The number of amides is 3. The van der Waals surface area contributed by atoms with Crippen LogP contribution in [0, 0.1) is 5.92 Å². The Hall–Kier alpha value is -3.94. The molecule has 12 nitrogen and oxygen atoms in total. The molecule has 3 N–H and O–H groups in total. The number of carbonyl (C=O) groups is 4. The molecular weight excluding hydrogens is 705 g/mol. The molecular formula is C35H39Cl2N5O7S. The summed E-state index contributed by atoms with van der Waals surface area (Å²) in [6.45, 7) is 5.16. The minimum atomic E-state index is -1.47. The second-order valence-corrected chi connectivity index (χ2v) is 15.7. The van der Waals surface area contributed by atoms with Gasteiger partial charge in [-0.3, -0.25) is 9.59 Å². The van der Waals surface area contributed by atoms with Crippen LogP contribution in [0.15, 0.2) is 41.8 Å². The van der Waals surface area contributed by atoms with Gasteiger partial charge < -0.3 is 30.1 Å². The molecule has 0 spiro atoms. The number of carboxylic acid groups (broad SMARTS) is 1. The summed E-state index contributed by atoms with van der Waals surface area (Å²) in [4.78, 5) is 65.4. The second-order valence-electron chi connectivity index (χ2n) is 13.9. The number of hydrogen-bond donors (Lipinski definition) is 3. The fraction of sp³-hybridized carbons (Fsp3) is 0.486. The van der Waals surface area contributed by atoms with Crippen LogP contribution in [0.4, 0.5) is 4.79 Å². The van der Waals surface area contributed by atoms with E-state index < -0.39 is 53.2 Å². The fourth-order valence-corrected chi connectivity index (χ4v) is 7.47. The Morgan fingerprint density at radius 1 is 1.12 bits per heavy atom. The summed E-state index contributed by atoms with van der Waals surface area (Å²) in [5.41, 5.74) is -0.863. The quantitative estimate of drug-likeness (QED) is 0.252. The predicted octanol–water partition coefficient (Wildman–Crippen LogP) is 6.39. The van der Waals surface area contributed by atoms with Crippen LogP contribution in [-0.4, -0.2) is 79.7 Å². The molecule has 6 rings (SSSR count). The summed E-state index contributed by atoms with van der Waals surface area (Å²) in [5, 5.41) is 18.2. The number of carbonyl (C=O) groups excluding carboxylic acids is 3. The molecule has 1 aliphatic carbocycles. The highest BCUT2D eigenvalue weighted by Crippen LogP contribution is 2.45. The van der Waals surface area contributed by atoms with E-state index in [1.165, 1.54) is 16.2 Å². The van der Waals surface area contributed by atoms with Crippen LogP contribution < -0.4 is 15.4 Å². The maximum Gasteiger partial charge on any atom is 0.408 e. The number of aromatic nitrogens is 2. The summed E-state index contributed by atoms with van der Waals surface area (Å²) in [5.74, 6) is -2.43. The Morgan fingerprint density at radius 3 is 2.54 bits per heavy atom. The Morgan fingerprint density at radius 2 is 1.86 bits per heavy atom. The standard InChI is InChI=1S/C35H39Cl2N5O7S/c1-34(2,3)49-33(47)40-23-11-8-6-4-5-7-10-19-17-35(19,32(45)46)41-29(43)26-14-20(18-42(26)31(23)44)48-30-28(27-12-9-13-50-27)38-24-15-21(36)22(37)16-25(24)39-30/h7,9-10,12-13,15-16,19-20,23,26H,4-6,8,11,14,17-18H2,1-3H3,(H,40,47)(H,41,43)(H,45,46)/b10-7-/t19-,20?,23+,26+,35-/m1/s1. The summed E-state index contributed by atoms with van der Waals surface area (Å²) in [6, 6.07) is 4.88. The maximum atomic E-state index is 14.4. The Balaban J connectivity index is 1.34. The number of thiophene rings is 1. The van der Waals surface area contributed by atoms with Crippen LogP contribution in [-0.2, 0) is 19.1 Å². The Labute approximate surface area is 303 Å². The third kappa shape index (κ3) is 7.84. The zero-order chi connectivity index (χ0) is 35.8. The highest BCUT2D eigenvalue weighted by molar-refractivity contribution is 7.13. The Kier molecular flexibility index (Phi) is 10.3. The van der Waals surface area contributed by atoms with Gasteiger partial charge in [-0.05, 0) is 70.0 Å². The average Bonchev–Trinajstić information content (AvgIpc) is 3.35. The van der Waals surface area contributed by atoms with Crippen molar-refractivity contribution in [3.05, 3.63) is 51.8 Å². The number of nitrogens with zero attached hydrogens (tertiary/aromatic N) is 3. The topological polar surface area (TPSA) is 160 Å². The minimum Gasteiger partial charge on any atom is -0.479 e. The summed E-state index contributed by atoms with van der Waals surface area (Å²) in [7, 11) is 0. The molecule has 3 aliphatic rings. The number of benzene rings is 1. The van der Waals surface area contributed by atoms with E-state index in [0.717, 1.165) is 24.1 Å². The van der Waals surface area contributed by atoms with E-state index in [4.69, 9.17) is 42.6 Å². The van der Waals surface area contributed by atoms with Crippen molar-refractivity contribution in [1.29, 1.82) is 0 Å². The van der Waals surface area contributed by atoms with Crippen molar-refractivity contribution in [1.82, 2.24) is 25.5 Å². The van der Waals surface area contributed by atoms with Crippen LogP contribution in [0.3, 0.4) is 0 Å². The highest BCUT2D eigenvalue weighted by Gasteiger charge is 2.61. The molecule has 4 heterocycles. The van der Waals surface area contributed by atoms with Crippen LogP contribution in [0.1, 0.15) is 65.7 Å². The zero-order valence-corrected chi connectivity index (χ0v) is 30.2. The molecule has 266 valence electrons. The first-order valence-corrected chi connectivity index (χ1v) is 18.3. The van der Waals surface area contributed by atoms with Crippen molar-refractivity contribution in [3.63, 3.8) is 0 Å². The van der Waals surface area contributed by atoms with Crippen molar-refractivity contribution in [3.8, 4) is 16.5 Å². The van der Waals surface area contributed by atoms with Gasteiger partial charge in [-0.1, -0.05) is 54.3 Å². The number of alkyl carbamates (subject to hydrolysis) is 1. The fourth-order valence-electron chi connectivity index (χ4n) is 6.45. The molecule has 1 saturated heterocycles. The van der Waals surface area contributed by atoms with E-state index in [0.29, 0.717) is 39.6 Å².